The summed E-state index contributed by atoms with van der Waals surface area (Å²) in [5.41, 5.74) is 1.99. The molecule has 0 radical (unpaired) electrons. The standard InChI is InChI=1S/C13H18N2O2/c1-2-7-14-13(16)15-11-5-6-12-10(9-11)4-3-8-17-12/h5-6,9H,2-4,7-8H2,1H3,(H2,14,15,16). The molecule has 1 heterocycles. The SMILES string of the molecule is CCCNC(=O)Nc1ccc2c(c1)CCCO2. The monoisotopic (exact) mass is 234 g/mol. The molecular formula is C13H18N2O2. The maximum Gasteiger partial charge on any atom is 0.319 e. The molecule has 4 nitrogen and oxygen atoms in total. The molecule has 0 aliphatic carbocycles. The van der Waals surface area contributed by atoms with Gasteiger partial charge < -0.3 is 15.4 Å². The second-order valence-corrected chi connectivity index (χ2v) is 4.16. The third kappa shape index (κ3) is 3.12. The molecule has 0 bridgehead atoms. The van der Waals surface area contributed by atoms with E-state index < -0.39 is 0 Å². The molecule has 17 heavy (non-hydrogen) atoms. The van der Waals surface area contributed by atoms with Crippen molar-refractivity contribution in [2.24, 2.45) is 0 Å². The largest absolute Gasteiger partial charge is 0.493 e. The van der Waals surface area contributed by atoms with E-state index in [1.54, 1.807) is 0 Å². The second-order valence-electron chi connectivity index (χ2n) is 4.16. The van der Waals surface area contributed by atoms with Gasteiger partial charge in [-0.05, 0) is 43.0 Å². The molecular weight excluding hydrogens is 216 g/mol. The first-order chi connectivity index (χ1) is 8.29. The van der Waals surface area contributed by atoms with Crippen molar-refractivity contribution in [1.29, 1.82) is 0 Å². The molecule has 2 amide bonds. The summed E-state index contributed by atoms with van der Waals surface area (Å²) in [7, 11) is 0. The minimum absolute atomic E-state index is 0.150. The van der Waals surface area contributed by atoms with Gasteiger partial charge in [-0.3, -0.25) is 0 Å². The first-order valence-electron chi connectivity index (χ1n) is 6.10. The number of anilines is 1. The van der Waals surface area contributed by atoms with Crippen LogP contribution < -0.4 is 15.4 Å². The van der Waals surface area contributed by atoms with E-state index >= 15 is 0 Å². The van der Waals surface area contributed by atoms with Gasteiger partial charge in [0.1, 0.15) is 5.75 Å². The van der Waals surface area contributed by atoms with Crippen molar-refractivity contribution in [1.82, 2.24) is 5.32 Å². The molecule has 92 valence electrons. The Morgan fingerprint density at radius 1 is 1.47 bits per heavy atom. The van der Waals surface area contributed by atoms with Crippen LogP contribution in [0.5, 0.6) is 5.75 Å². The number of nitrogens with one attached hydrogen (secondary N) is 2. The predicted molar refractivity (Wildman–Crippen MR) is 67.6 cm³/mol. The Kier molecular flexibility index (Phi) is 3.85. The lowest BCUT2D eigenvalue weighted by molar-refractivity contribution is 0.252. The molecule has 0 saturated carbocycles. The fourth-order valence-electron chi connectivity index (χ4n) is 1.85. The summed E-state index contributed by atoms with van der Waals surface area (Å²) in [4.78, 5) is 11.5. The van der Waals surface area contributed by atoms with Gasteiger partial charge in [0, 0.05) is 12.2 Å². The maximum atomic E-state index is 11.5. The Labute approximate surface area is 101 Å². The lowest BCUT2D eigenvalue weighted by Crippen LogP contribution is -2.29. The molecule has 0 atom stereocenters. The van der Waals surface area contributed by atoms with E-state index in [9.17, 15) is 4.79 Å². The Hall–Kier alpha value is -1.71. The predicted octanol–water partition coefficient (Wildman–Crippen LogP) is 2.54. The number of fused-ring (bicyclic) bond motifs is 1. The molecule has 0 aromatic heterocycles. The van der Waals surface area contributed by atoms with Crippen LogP contribution in [0.3, 0.4) is 0 Å². The van der Waals surface area contributed by atoms with E-state index in [4.69, 9.17) is 4.74 Å². The molecule has 1 aromatic rings. The van der Waals surface area contributed by atoms with Gasteiger partial charge in [0.05, 0.1) is 6.61 Å². The summed E-state index contributed by atoms with van der Waals surface area (Å²) >= 11 is 0. The van der Waals surface area contributed by atoms with Crippen LogP contribution in [0.2, 0.25) is 0 Å². The van der Waals surface area contributed by atoms with Crippen LogP contribution in [-0.4, -0.2) is 19.2 Å². The summed E-state index contributed by atoms with van der Waals surface area (Å²) in [5, 5.41) is 5.60. The zero-order valence-electron chi connectivity index (χ0n) is 10.1. The van der Waals surface area contributed by atoms with Gasteiger partial charge >= 0.3 is 6.03 Å². The van der Waals surface area contributed by atoms with Gasteiger partial charge in [-0.25, -0.2) is 4.79 Å². The zero-order valence-corrected chi connectivity index (χ0v) is 10.1. The highest BCUT2D eigenvalue weighted by Crippen LogP contribution is 2.27. The van der Waals surface area contributed by atoms with Crippen molar-refractivity contribution >= 4 is 11.7 Å². The number of carbonyl (C=O) groups is 1. The number of hydrogen-bond acceptors (Lipinski definition) is 2. The lowest BCUT2D eigenvalue weighted by atomic mass is 10.1. The summed E-state index contributed by atoms with van der Waals surface area (Å²) in [6.07, 6.45) is 2.99. The van der Waals surface area contributed by atoms with Crippen LogP contribution in [0.15, 0.2) is 18.2 Å². The Balaban J connectivity index is 1.99. The van der Waals surface area contributed by atoms with E-state index in [1.807, 2.05) is 25.1 Å². The van der Waals surface area contributed by atoms with Crippen molar-refractivity contribution in [2.45, 2.75) is 26.2 Å². The molecule has 1 aromatic carbocycles. The molecule has 0 spiro atoms. The summed E-state index contributed by atoms with van der Waals surface area (Å²) < 4.78 is 5.52. The van der Waals surface area contributed by atoms with E-state index in [0.29, 0.717) is 6.54 Å². The van der Waals surface area contributed by atoms with Gasteiger partial charge in [-0.1, -0.05) is 6.92 Å². The van der Waals surface area contributed by atoms with Gasteiger partial charge in [0.2, 0.25) is 0 Å². The number of rotatable bonds is 3. The quantitative estimate of drug-likeness (QED) is 0.844. The molecule has 0 unspecified atom stereocenters. The van der Waals surface area contributed by atoms with E-state index in [1.165, 1.54) is 5.56 Å². The summed E-state index contributed by atoms with van der Waals surface area (Å²) in [6, 6.07) is 5.63. The Bertz CT molecular complexity index is 404. The normalized spacial score (nSPS) is 13.5. The van der Waals surface area contributed by atoms with Crippen molar-refractivity contribution in [3.05, 3.63) is 23.8 Å². The highest BCUT2D eigenvalue weighted by atomic mass is 16.5. The van der Waals surface area contributed by atoms with Gasteiger partial charge in [0.25, 0.3) is 0 Å². The van der Waals surface area contributed by atoms with Crippen molar-refractivity contribution in [3.63, 3.8) is 0 Å². The van der Waals surface area contributed by atoms with Gasteiger partial charge in [-0.15, -0.1) is 0 Å². The number of urea groups is 1. The fourth-order valence-corrected chi connectivity index (χ4v) is 1.85. The van der Waals surface area contributed by atoms with Crippen LogP contribution in [0.1, 0.15) is 25.3 Å². The average molecular weight is 234 g/mol. The van der Waals surface area contributed by atoms with Crippen molar-refractivity contribution in [2.75, 3.05) is 18.5 Å². The maximum absolute atomic E-state index is 11.5. The minimum atomic E-state index is -0.150. The van der Waals surface area contributed by atoms with E-state index in [2.05, 4.69) is 10.6 Å². The number of ether oxygens (including phenoxy) is 1. The summed E-state index contributed by atoms with van der Waals surface area (Å²) in [6.45, 7) is 3.51. The van der Waals surface area contributed by atoms with Crippen LogP contribution in [-0.2, 0) is 6.42 Å². The van der Waals surface area contributed by atoms with Crippen molar-refractivity contribution < 1.29 is 9.53 Å². The number of aryl methyl sites for hydroxylation is 1. The average Bonchev–Trinajstić information content (AvgIpc) is 2.36. The Morgan fingerprint density at radius 2 is 2.35 bits per heavy atom. The molecule has 0 fully saturated rings. The summed E-state index contributed by atoms with van der Waals surface area (Å²) in [5.74, 6) is 0.941. The first kappa shape index (κ1) is 11.8. The smallest absolute Gasteiger partial charge is 0.319 e. The Morgan fingerprint density at radius 3 is 3.18 bits per heavy atom. The molecule has 4 heteroatoms. The number of carbonyl (C=O) groups excluding carboxylic acids is 1. The highest BCUT2D eigenvalue weighted by molar-refractivity contribution is 5.89. The fraction of sp³-hybridized carbons (Fsp3) is 0.462. The van der Waals surface area contributed by atoms with E-state index in [-0.39, 0.29) is 6.03 Å². The third-order valence-electron chi connectivity index (χ3n) is 2.70. The van der Waals surface area contributed by atoms with Crippen LogP contribution in [0.25, 0.3) is 0 Å². The minimum Gasteiger partial charge on any atom is -0.493 e. The zero-order chi connectivity index (χ0) is 12.1. The van der Waals surface area contributed by atoms with Crippen molar-refractivity contribution in [3.8, 4) is 5.75 Å². The third-order valence-corrected chi connectivity index (χ3v) is 2.70. The van der Waals surface area contributed by atoms with Gasteiger partial charge in [-0.2, -0.15) is 0 Å². The van der Waals surface area contributed by atoms with Crippen LogP contribution in [0, 0.1) is 0 Å². The van der Waals surface area contributed by atoms with Crippen LogP contribution >= 0.6 is 0 Å². The number of benzene rings is 1. The number of amides is 2. The van der Waals surface area contributed by atoms with Gasteiger partial charge in [0.15, 0.2) is 0 Å². The molecule has 1 aliphatic heterocycles. The molecule has 1 aliphatic rings. The lowest BCUT2D eigenvalue weighted by Gasteiger charge is -2.18. The number of hydrogen-bond donors (Lipinski definition) is 2. The molecule has 0 saturated heterocycles. The first-order valence-corrected chi connectivity index (χ1v) is 6.10. The topological polar surface area (TPSA) is 50.4 Å². The highest BCUT2D eigenvalue weighted by Gasteiger charge is 2.11. The molecule has 2 rings (SSSR count). The van der Waals surface area contributed by atoms with E-state index in [0.717, 1.165) is 37.3 Å². The van der Waals surface area contributed by atoms with Crippen LogP contribution in [0.4, 0.5) is 10.5 Å². The second kappa shape index (κ2) is 5.57. The molecule has 2 N–H and O–H groups in total.